The lowest BCUT2D eigenvalue weighted by atomic mass is 10.2. The van der Waals surface area contributed by atoms with Gasteiger partial charge in [0.25, 0.3) is 0 Å². The summed E-state index contributed by atoms with van der Waals surface area (Å²) >= 11 is 3.48. The van der Waals surface area contributed by atoms with E-state index < -0.39 is 0 Å². The van der Waals surface area contributed by atoms with E-state index in [0.29, 0.717) is 6.61 Å². The lowest BCUT2D eigenvalue weighted by Crippen LogP contribution is -2.16. The topological polar surface area (TPSA) is 41.5 Å². The predicted octanol–water partition coefficient (Wildman–Crippen LogP) is 2.96. The van der Waals surface area contributed by atoms with Crippen molar-refractivity contribution in [3.05, 3.63) is 28.2 Å². The Morgan fingerprint density at radius 2 is 2.22 bits per heavy atom. The lowest BCUT2D eigenvalue weighted by molar-refractivity contribution is 0.173. The van der Waals surface area contributed by atoms with Crippen LogP contribution in [0.5, 0.6) is 5.75 Å². The van der Waals surface area contributed by atoms with Crippen molar-refractivity contribution in [1.29, 1.82) is 0 Å². The molecule has 102 valence electrons. The molecule has 2 N–H and O–H groups in total. The Labute approximate surface area is 118 Å². The fourth-order valence-corrected chi connectivity index (χ4v) is 1.92. The maximum Gasteiger partial charge on any atom is 0.123 e. The molecule has 0 amide bonds. The largest absolute Gasteiger partial charge is 0.493 e. The maximum absolute atomic E-state index is 9.00. The van der Waals surface area contributed by atoms with Gasteiger partial charge in [0.1, 0.15) is 5.75 Å². The minimum absolute atomic E-state index is 0.153. The van der Waals surface area contributed by atoms with Crippen LogP contribution in [0.2, 0.25) is 0 Å². The van der Waals surface area contributed by atoms with Crippen molar-refractivity contribution < 1.29 is 9.84 Å². The molecule has 0 heterocycles. The van der Waals surface area contributed by atoms with E-state index in [1.165, 1.54) is 0 Å². The number of nitrogens with one attached hydrogen (secondary N) is 1. The van der Waals surface area contributed by atoms with Crippen LogP contribution < -0.4 is 10.1 Å². The van der Waals surface area contributed by atoms with Gasteiger partial charge in [0.2, 0.25) is 0 Å². The molecule has 0 bridgehead atoms. The summed E-state index contributed by atoms with van der Waals surface area (Å²) in [5, 5.41) is 12.4. The van der Waals surface area contributed by atoms with Crippen LogP contribution in [0.1, 0.15) is 25.8 Å². The average Bonchev–Trinajstić information content (AvgIpc) is 2.37. The molecule has 1 aromatic rings. The summed E-state index contributed by atoms with van der Waals surface area (Å²) in [6, 6.07) is 6.01. The first-order valence-electron chi connectivity index (χ1n) is 6.40. The molecule has 0 aromatic heterocycles. The number of aliphatic hydroxyl groups excluding tert-OH is 1. The van der Waals surface area contributed by atoms with E-state index in [-0.39, 0.29) is 12.5 Å². The molecule has 0 aliphatic heterocycles. The van der Waals surface area contributed by atoms with Crippen LogP contribution in [0.4, 0.5) is 0 Å². The summed E-state index contributed by atoms with van der Waals surface area (Å²) in [6.45, 7) is 6.61. The number of rotatable bonds is 8. The number of halogens is 1. The Hall–Kier alpha value is -0.580. The highest BCUT2D eigenvalue weighted by atomic mass is 79.9. The number of aliphatic hydroxyl groups is 1. The second-order valence-electron chi connectivity index (χ2n) is 4.53. The van der Waals surface area contributed by atoms with Crippen molar-refractivity contribution in [3.63, 3.8) is 0 Å². The van der Waals surface area contributed by atoms with Crippen molar-refractivity contribution in [2.45, 2.75) is 26.8 Å². The lowest BCUT2D eigenvalue weighted by Gasteiger charge is -2.15. The zero-order valence-corrected chi connectivity index (χ0v) is 12.7. The zero-order valence-electron chi connectivity index (χ0n) is 11.1. The Balaban J connectivity index is 2.63. The van der Waals surface area contributed by atoms with Crippen molar-refractivity contribution in [2.75, 3.05) is 19.8 Å². The summed E-state index contributed by atoms with van der Waals surface area (Å²) < 4.78 is 6.81. The Bertz CT molecular complexity index is 358. The van der Waals surface area contributed by atoms with Crippen LogP contribution in [0.25, 0.3) is 0 Å². The molecule has 0 aliphatic carbocycles. The van der Waals surface area contributed by atoms with E-state index in [1.807, 2.05) is 19.1 Å². The molecule has 0 fully saturated rings. The van der Waals surface area contributed by atoms with E-state index in [9.17, 15) is 0 Å². The van der Waals surface area contributed by atoms with Crippen LogP contribution in [0.3, 0.4) is 0 Å². The van der Waals surface area contributed by atoms with Gasteiger partial charge in [-0.3, -0.25) is 0 Å². The predicted molar refractivity (Wildman–Crippen MR) is 77.9 cm³/mol. The van der Waals surface area contributed by atoms with E-state index >= 15 is 0 Å². The fourth-order valence-electron chi connectivity index (χ4n) is 1.51. The van der Waals surface area contributed by atoms with Gasteiger partial charge in [0.15, 0.2) is 0 Å². The molecule has 1 aromatic carbocycles. The molecule has 0 aliphatic rings. The molecule has 0 saturated carbocycles. The van der Waals surface area contributed by atoms with E-state index in [0.717, 1.165) is 35.3 Å². The van der Waals surface area contributed by atoms with Crippen molar-refractivity contribution in [3.8, 4) is 5.75 Å². The highest BCUT2D eigenvalue weighted by Gasteiger charge is 2.07. The fraction of sp³-hybridized carbons (Fsp3) is 0.571. The molecule has 4 heteroatoms. The van der Waals surface area contributed by atoms with Gasteiger partial charge >= 0.3 is 0 Å². The number of hydrogen-bond acceptors (Lipinski definition) is 3. The average molecular weight is 316 g/mol. The van der Waals surface area contributed by atoms with Gasteiger partial charge in [-0.15, -0.1) is 0 Å². The van der Waals surface area contributed by atoms with E-state index in [1.54, 1.807) is 0 Å². The molecule has 1 unspecified atom stereocenters. The zero-order chi connectivity index (χ0) is 13.4. The van der Waals surface area contributed by atoms with Gasteiger partial charge in [-0.2, -0.15) is 0 Å². The van der Waals surface area contributed by atoms with Gasteiger partial charge in [0.05, 0.1) is 6.61 Å². The van der Waals surface area contributed by atoms with Crippen molar-refractivity contribution >= 4 is 15.9 Å². The van der Waals surface area contributed by atoms with Gasteiger partial charge in [-0.05, 0) is 31.2 Å². The number of benzene rings is 1. The first-order chi connectivity index (χ1) is 8.67. The number of ether oxygens (including phenoxy) is 1. The third-order valence-corrected chi connectivity index (χ3v) is 3.09. The summed E-state index contributed by atoms with van der Waals surface area (Å²) in [7, 11) is 0. The normalized spacial score (nSPS) is 12.4. The third kappa shape index (κ3) is 5.38. The van der Waals surface area contributed by atoms with Gasteiger partial charge in [0, 0.05) is 29.1 Å². The smallest absolute Gasteiger partial charge is 0.123 e. The summed E-state index contributed by atoms with van der Waals surface area (Å²) in [4.78, 5) is 0. The minimum atomic E-state index is 0.153. The summed E-state index contributed by atoms with van der Waals surface area (Å²) in [6.07, 6.45) is 1.12. The van der Waals surface area contributed by atoms with Crippen LogP contribution in [0, 0.1) is 5.92 Å². The number of hydrogen-bond donors (Lipinski definition) is 2. The second-order valence-corrected chi connectivity index (χ2v) is 5.44. The highest BCUT2D eigenvalue weighted by molar-refractivity contribution is 9.10. The van der Waals surface area contributed by atoms with E-state index in [2.05, 4.69) is 34.2 Å². The molecule has 0 radical (unpaired) electrons. The molecule has 0 spiro atoms. The molecule has 0 saturated heterocycles. The van der Waals surface area contributed by atoms with Crippen LogP contribution in [-0.2, 0) is 6.54 Å². The molecule has 3 nitrogen and oxygen atoms in total. The van der Waals surface area contributed by atoms with Gasteiger partial charge in [-0.1, -0.05) is 29.8 Å². The van der Waals surface area contributed by atoms with Crippen LogP contribution >= 0.6 is 15.9 Å². The monoisotopic (exact) mass is 315 g/mol. The molecule has 1 atom stereocenters. The van der Waals surface area contributed by atoms with Gasteiger partial charge < -0.3 is 15.2 Å². The van der Waals surface area contributed by atoms with Gasteiger partial charge in [-0.25, -0.2) is 0 Å². The summed E-state index contributed by atoms with van der Waals surface area (Å²) in [5.74, 6) is 1.05. The highest BCUT2D eigenvalue weighted by Crippen LogP contribution is 2.23. The SMILES string of the molecule is CCCNCc1cc(Br)ccc1OCC(C)CO. The van der Waals surface area contributed by atoms with Crippen LogP contribution in [0.15, 0.2) is 22.7 Å². The first-order valence-corrected chi connectivity index (χ1v) is 7.19. The molecular formula is C14H22BrNO2. The first kappa shape index (κ1) is 15.5. The summed E-state index contributed by atoms with van der Waals surface area (Å²) in [5.41, 5.74) is 1.14. The minimum Gasteiger partial charge on any atom is -0.493 e. The molecule has 1 rings (SSSR count). The maximum atomic E-state index is 9.00. The quantitative estimate of drug-likeness (QED) is 0.725. The Kier molecular flexibility index (Phi) is 7.32. The van der Waals surface area contributed by atoms with Crippen LogP contribution in [-0.4, -0.2) is 24.9 Å². The molecule has 18 heavy (non-hydrogen) atoms. The Morgan fingerprint density at radius 1 is 1.44 bits per heavy atom. The molecular weight excluding hydrogens is 294 g/mol. The Morgan fingerprint density at radius 3 is 2.89 bits per heavy atom. The standard InChI is InChI=1S/C14H22BrNO2/c1-3-6-16-8-12-7-13(15)4-5-14(12)18-10-11(2)9-17/h4-5,7,11,16-17H,3,6,8-10H2,1-2H3. The van der Waals surface area contributed by atoms with Crippen molar-refractivity contribution in [2.24, 2.45) is 5.92 Å². The third-order valence-electron chi connectivity index (χ3n) is 2.60. The van der Waals surface area contributed by atoms with Crippen molar-refractivity contribution in [1.82, 2.24) is 5.32 Å². The second kappa shape index (κ2) is 8.51. The van der Waals surface area contributed by atoms with E-state index in [4.69, 9.17) is 9.84 Å².